The second-order valence-corrected chi connectivity index (χ2v) is 7.95. The van der Waals surface area contributed by atoms with Crippen molar-refractivity contribution in [1.29, 1.82) is 0 Å². The molecular weight excluding hydrogens is 465 g/mol. The van der Waals surface area contributed by atoms with Crippen molar-refractivity contribution in [2.75, 3.05) is 25.0 Å². The summed E-state index contributed by atoms with van der Waals surface area (Å²) in [5.74, 6) is 1.13. The van der Waals surface area contributed by atoms with Crippen molar-refractivity contribution >= 4 is 34.6 Å². The van der Waals surface area contributed by atoms with Gasteiger partial charge in [0.25, 0.3) is 5.69 Å². The Morgan fingerprint density at radius 1 is 0.939 bits per heavy atom. The number of hydrogen-bond donors (Lipinski definition) is 2. The normalized spacial score (nSPS) is 10.6. The lowest BCUT2D eigenvalue weighted by atomic mass is 10.2. The van der Waals surface area contributed by atoms with Gasteiger partial charge in [0.15, 0.2) is 11.5 Å². The van der Waals surface area contributed by atoms with Gasteiger partial charge in [0.05, 0.1) is 27.3 Å². The molecule has 0 saturated heterocycles. The number of anilines is 1. The van der Waals surface area contributed by atoms with Crippen molar-refractivity contribution in [3.8, 4) is 11.5 Å². The molecule has 174 valence electrons. The van der Waals surface area contributed by atoms with Crippen molar-refractivity contribution in [3.05, 3.63) is 92.0 Å². The number of non-ortho nitro benzene ring substituents is 1. The molecule has 3 aromatic rings. The molecule has 0 aliphatic rings. The summed E-state index contributed by atoms with van der Waals surface area (Å²) in [6.45, 7) is 4.61. The van der Waals surface area contributed by atoms with E-state index in [9.17, 15) is 10.1 Å². The molecule has 0 unspecified atom stereocenters. The molecule has 0 radical (unpaired) electrons. The van der Waals surface area contributed by atoms with Gasteiger partial charge in [0, 0.05) is 31.8 Å². The van der Waals surface area contributed by atoms with E-state index in [1.165, 1.54) is 12.1 Å². The van der Waals surface area contributed by atoms with Gasteiger partial charge in [-0.25, -0.2) is 0 Å². The van der Waals surface area contributed by atoms with E-state index in [1.807, 2.05) is 49.4 Å². The number of nitro benzene ring substituents is 1. The maximum absolute atomic E-state index is 10.8. The summed E-state index contributed by atoms with van der Waals surface area (Å²) < 4.78 is 11.7. The van der Waals surface area contributed by atoms with Crippen molar-refractivity contribution in [2.45, 2.75) is 20.1 Å². The molecule has 0 amide bonds. The highest BCUT2D eigenvalue weighted by molar-refractivity contribution is 6.33. The highest BCUT2D eigenvalue weighted by Gasteiger charge is 2.13. The molecule has 0 saturated carbocycles. The lowest BCUT2D eigenvalue weighted by molar-refractivity contribution is -0.384. The van der Waals surface area contributed by atoms with Crippen LogP contribution in [0.15, 0.2) is 60.7 Å². The second-order valence-electron chi connectivity index (χ2n) is 7.14. The Kier molecular flexibility index (Phi) is 9.18. The first kappa shape index (κ1) is 24.6. The predicted molar refractivity (Wildman–Crippen MR) is 132 cm³/mol. The standard InChI is InChI=1S/C24H25Cl2N3O4/c1-2-32-23-13-18(12-21(26)24(23)33-16-17-6-4-3-5-7-17)15-27-10-11-28-22-9-8-19(29(30)31)14-20(22)25/h3-9,12-14,27-28H,2,10-11,15-16H2,1H3. The van der Waals surface area contributed by atoms with Crippen molar-refractivity contribution in [3.63, 3.8) is 0 Å². The van der Waals surface area contributed by atoms with E-state index in [1.54, 1.807) is 6.07 Å². The van der Waals surface area contributed by atoms with Crippen LogP contribution in [0.25, 0.3) is 0 Å². The summed E-state index contributed by atoms with van der Waals surface area (Å²) in [5, 5.41) is 18.1. The second kappa shape index (κ2) is 12.3. The van der Waals surface area contributed by atoms with Crippen LogP contribution in [0.2, 0.25) is 10.0 Å². The molecule has 0 spiro atoms. The zero-order chi connectivity index (χ0) is 23.6. The highest BCUT2D eigenvalue weighted by Crippen LogP contribution is 2.37. The Hall–Kier alpha value is -3.00. The highest BCUT2D eigenvalue weighted by atomic mass is 35.5. The zero-order valence-electron chi connectivity index (χ0n) is 18.1. The van der Waals surface area contributed by atoms with Gasteiger partial charge in [-0.2, -0.15) is 0 Å². The molecule has 0 fully saturated rings. The van der Waals surface area contributed by atoms with Gasteiger partial charge in [0.2, 0.25) is 0 Å². The number of hydrogen-bond acceptors (Lipinski definition) is 6. The maximum atomic E-state index is 10.8. The molecule has 3 rings (SSSR count). The van der Waals surface area contributed by atoms with E-state index in [0.717, 1.165) is 11.1 Å². The Balaban J connectivity index is 1.53. The van der Waals surface area contributed by atoms with Crippen LogP contribution in [0.3, 0.4) is 0 Å². The summed E-state index contributed by atoms with van der Waals surface area (Å²) >= 11 is 12.6. The van der Waals surface area contributed by atoms with Gasteiger partial charge in [-0.3, -0.25) is 10.1 Å². The lowest BCUT2D eigenvalue weighted by Gasteiger charge is -2.16. The van der Waals surface area contributed by atoms with E-state index < -0.39 is 4.92 Å². The van der Waals surface area contributed by atoms with Crippen LogP contribution < -0.4 is 20.1 Å². The van der Waals surface area contributed by atoms with Crippen LogP contribution in [0.4, 0.5) is 11.4 Å². The first-order chi connectivity index (χ1) is 16.0. The van der Waals surface area contributed by atoms with Crippen LogP contribution >= 0.6 is 23.2 Å². The largest absolute Gasteiger partial charge is 0.490 e. The average molecular weight is 490 g/mol. The number of nitrogens with one attached hydrogen (secondary N) is 2. The smallest absolute Gasteiger partial charge is 0.271 e. The minimum absolute atomic E-state index is 0.0400. The molecule has 33 heavy (non-hydrogen) atoms. The number of nitro groups is 1. The molecule has 3 aromatic carbocycles. The Labute approximate surface area is 202 Å². The van der Waals surface area contributed by atoms with E-state index in [2.05, 4.69) is 10.6 Å². The van der Waals surface area contributed by atoms with Crippen LogP contribution in [-0.4, -0.2) is 24.6 Å². The van der Waals surface area contributed by atoms with Crippen LogP contribution in [0.1, 0.15) is 18.1 Å². The molecule has 0 aromatic heterocycles. The zero-order valence-corrected chi connectivity index (χ0v) is 19.7. The number of rotatable bonds is 12. The summed E-state index contributed by atoms with van der Waals surface area (Å²) in [5.41, 5.74) is 2.61. The minimum Gasteiger partial charge on any atom is -0.490 e. The van der Waals surface area contributed by atoms with Gasteiger partial charge >= 0.3 is 0 Å². The fourth-order valence-corrected chi connectivity index (χ4v) is 3.66. The summed E-state index contributed by atoms with van der Waals surface area (Å²) in [6.07, 6.45) is 0. The van der Waals surface area contributed by atoms with Gasteiger partial charge in [-0.15, -0.1) is 0 Å². The van der Waals surface area contributed by atoms with E-state index >= 15 is 0 Å². The maximum Gasteiger partial charge on any atom is 0.271 e. The predicted octanol–water partition coefficient (Wildman–Crippen LogP) is 6.08. The molecule has 0 aliphatic carbocycles. The van der Waals surface area contributed by atoms with Gasteiger partial charge in [-0.1, -0.05) is 53.5 Å². The SMILES string of the molecule is CCOc1cc(CNCCNc2ccc([N+](=O)[O-])cc2Cl)cc(Cl)c1OCc1ccccc1. The van der Waals surface area contributed by atoms with Crippen molar-refractivity contribution in [2.24, 2.45) is 0 Å². The molecule has 0 bridgehead atoms. The lowest BCUT2D eigenvalue weighted by Crippen LogP contribution is -2.22. The third kappa shape index (κ3) is 7.25. The topological polar surface area (TPSA) is 85.7 Å². The van der Waals surface area contributed by atoms with Crippen LogP contribution in [0.5, 0.6) is 11.5 Å². The van der Waals surface area contributed by atoms with Crippen LogP contribution in [0, 0.1) is 10.1 Å². The Morgan fingerprint density at radius 2 is 1.73 bits per heavy atom. The number of halogens is 2. The molecule has 0 heterocycles. The van der Waals surface area contributed by atoms with E-state index in [-0.39, 0.29) is 5.69 Å². The van der Waals surface area contributed by atoms with Gasteiger partial charge < -0.3 is 20.1 Å². The summed E-state index contributed by atoms with van der Waals surface area (Å²) in [6, 6.07) is 18.0. The summed E-state index contributed by atoms with van der Waals surface area (Å²) in [4.78, 5) is 10.3. The minimum atomic E-state index is -0.475. The summed E-state index contributed by atoms with van der Waals surface area (Å²) in [7, 11) is 0. The number of nitrogens with zero attached hydrogens (tertiary/aromatic N) is 1. The molecule has 2 N–H and O–H groups in total. The Bertz CT molecular complexity index is 1080. The fourth-order valence-electron chi connectivity index (χ4n) is 3.14. The first-order valence-corrected chi connectivity index (χ1v) is 11.2. The van der Waals surface area contributed by atoms with Crippen molar-refractivity contribution in [1.82, 2.24) is 5.32 Å². The third-order valence-corrected chi connectivity index (χ3v) is 5.30. The molecule has 0 atom stereocenters. The van der Waals surface area contributed by atoms with Gasteiger partial charge in [-0.05, 0) is 36.2 Å². The molecule has 9 heteroatoms. The van der Waals surface area contributed by atoms with Crippen molar-refractivity contribution < 1.29 is 14.4 Å². The van der Waals surface area contributed by atoms with Gasteiger partial charge in [0.1, 0.15) is 6.61 Å². The fraction of sp³-hybridized carbons (Fsp3) is 0.250. The third-order valence-electron chi connectivity index (χ3n) is 4.70. The molecule has 0 aliphatic heterocycles. The molecule has 7 nitrogen and oxygen atoms in total. The monoisotopic (exact) mass is 489 g/mol. The molecular formula is C24H25Cl2N3O4. The number of benzene rings is 3. The Morgan fingerprint density at radius 3 is 2.42 bits per heavy atom. The first-order valence-electron chi connectivity index (χ1n) is 10.5. The number of ether oxygens (including phenoxy) is 2. The average Bonchev–Trinajstić information content (AvgIpc) is 2.80. The van der Waals surface area contributed by atoms with Crippen LogP contribution in [-0.2, 0) is 13.2 Å². The van der Waals surface area contributed by atoms with E-state index in [0.29, 0.717) is 60.1 Å². The van der Waals surface area contributed by atoms with E-state index in [4.69, 9.17) is 32.7 Å². The quantitative estimate of drug-likeness (QED) is 0.182.